The van der Waals surface area contributed by atoms with Crippen LogP contribution < -0.4 is 14.8 Å². The molecule has 3 aromatic rings. The number of aryl methyl sites for hydroxylation is 1. The van der Waals surface area contributed by atoms with Crippen LogP contribution in [0.3, 0.4) is 0 Å². The number of nitrogens with one attached hydrogen (secondary N) is 1. The molecule has 1 amide bonds. The molecule has 2 aromatic carbocycles. The number of ether oxygens (including phenoxy) is 2. The first-order valence-corrected chi connectivity index (χ1v) is 7.21. The van der Waals surface area contributed by atoms with Gasteiger partial charge in [0.25, 0.3) is 5.91 Å². The molecule has 5 heteroatoms. The molecule has 0 aliphatic carbocycles. The summed E-state index contributed by atoms with van der Waals surface area (Å²) in [6, 6.07) is 13.1. The fourth-order valence-electron chi connectivity index (χ4n) is 2.62. The van der Waals surface area contributed by atoms with Crippen molar-refractivity contribution in [2.24, 2.45) is 7.05 Å². The van der Waals surface area contributed by atoms with E-state index in [9.17, 15) is 4.79 Å². The predicted molar refractivity (Wildman–Crippen MR) is 90.4 cm³/mol. The van der Waals surface area contributed by atoms with E-state index in [2.05, 4.69) is 5.32 Å². The third kappa shape index (κ3) is 2.73. The van der Waals surface area contributed by atoms with Crippen molar-refractivity contribution >= 4 is 22.5 Å². The van der Waals surface area contributed by atoms with Crippen molar-refractivity contribution in [2.75, 3.05) is 19.5 Å². The Labute approximate surface area is 134 Å². The molecule has 5 nitrogen and oxygen atoms in total. The lowest BCUT2D eigenvalue weighted by atomic mass is 10.1. The van der Waals surface area contributed by atoms with Gasteiger partial charge in [0.1, 0.15) is 11.5 Å². The van der Waals surface area contributed by atoms with Gasteiger partial charge in [-0.1, -0.05) is 18.2 Å². The molecule has 0 atom stereocenters. The summed E-state index contributed by atoms with van der Waals surface area (Å²) in [5.74, 6) is 1.05. The summed E-state index contributed by atoms with van der Waals surface area (Å²) in [7, 11) is 5.07. The summed E-state index contributed by atoms with van der Waals surface area (Å²) >= 11 is 0. The Hall–Kier alpha value is -2.95. The summed E-state index contributed by atoms with van der Waals surface area (Å²) in [6.07, 6.45) is 1.83. The lowest BCUT2D eigenvalue weighted by Gasteiger charge is -2.11. The Morgan fingerprint density at radius 3 is 2.61 bits per heavy atom. The number of carbonyl (C=O) groups is 1. The van der Waals surface area contributed by atoms with Crippen LogP contribution in [0.4, 0.5) is 5.69 Å². The number of carbonyl (C=O) groups excluding carboxylic acids is 1. The Balaban J connectivity index is 1.98. The highest BCUT2D eigenvalue weighted by Gasteiger charge is 2.16. The van der Waals surface area contributed by atoms with Gasteiger partial charge >= 0.3 is 0 Å². The largest absolute Gasteiger partial charge is 0.497 e. The van der Waals surface area contributed by atoms with Gasteiger partial charge < -0.3 is 19.4 Å². The Kier molecular flexibility index (Phi) is 3.93. The van der Waals surface area contributed by atoms with E-state index >= 15 is 0 Å². The maximum atomic E-state index is 12.7. The molecule has 0 aliphatic heterocycles. The van der Waals surface area contributed by atoms with Gasteiger partial charge in [-0.15, -0.1) is 0 Å². The molecule has 1 N–H and O–H groups in total. The van der Waals surface area contributed by atoms with Crippen LogP contribution in [0.25, 0.3) is 10.9 Å². The van der Waals surface area contributed by atoms with Crippen molar-refractivity contribution in [3.63, 3.8) is 0 Å². The molecule has 118 valence electrons. The average molecular weight is 310 g/mol. The Morgan fingerprint density at radius 1 is 1.09 bits per heavy atom. The second-order valence-corrected chi connectivity index (χ2v) is 5.19. The molecule has 0 spiro atoms. The smallest absolute Gasteiger partial charge is 0.257 e. The van der Waals surface area contributed by atoms with E-state index in [1.165, 1.54) is 0 Å². The van der Waals surface area contributed by atoms with Gasteiger partial charge in [-0.05, 0) is 18.2 Å². The molecule has 0 unspecified atom stereocenters. The third-order valence-electron chi connectivity index (χ3n) is 3.80. The summed E-state index contributed by atoms with van der Waals surface area (Å²) in [5, 5.41) is 3.81. The summed E-state index contributed by atoms with van der Waals surface area (Å²) in [5.41, 5.74) is 2.20. The fourth-order valence-corrected chi connectivity index (χ4v) is 2.62. The highest BCUT2D eigenvalue weighted by Crippen LogP contribution is 2.30. The number of benzene rings is 2. The maximum absolute atomic E-state index is 12.7. The third-order valence-corrected chi connectivity index (χ3v) is 3.80. The number of amides is 1. The summed E-state index contributed by atoms with van der Waals surface area (Å²) in [6.45, 7) is 0. The van der Waals surface area contributed by atoms with Crippen LogP contribution in [0.15, 0.2) is 48.7 Å². The minimum absolute atomic E-state index is 0.187. The molecule has 0 bridgehead atoms. The van der Waals surface area contributed by atoms with Crippen molar-refractivity contribution in [1.29, 1.82) is 0 Å². The number of rotatable bonds is 4. The van der Waals surface area contributed by atoms with Crippen LogP contribution in [0.1, 0.15) is 10.4 Å². The van der Waals surface area contributed by atoms with Crippen LogP contribution in [-0.2, 0) is 7.05 Å². The standard InChI is InChI=1S/C18H18N2O3/c1-20-11-14(13-6-4-5-7-16(13)20)18(21)19-15-10-12(22-2)8-9-17(15)23-3/h4-11H,1-3H3,(H,19,21). The minimum Gasteiger partial charge on any atom is -0.497 e. The van der Waals surface area contributed by atoms with E-state index in [-0.39, 0.29) is 5.91 Å². The van der Waals surface area contributed by atoms with E-state index in [4.69, 9.17) is 9.47 Å². The molecule has 0 radical (unpaired) electrons. The summed E-state index contributed by atoms with van der Waals surface area (Å²) in [4.78, 5) is 12.7. The number of aromatic nitrogens is 1. The van der Waals surface area contributed by atoms with E-state index in [0.717, 1.165) is 10.9 Å². The molecule has 1 aromatic heterocycles. The average Bonchev–Trinajstić information content (AvgIpc) is 2.92. The van der Waals surface area contributed by atoms with Gasteiger partial charge in [-0.25, -0.2) is 0 Å². The molecule has 0 saturated heterocycles. The van der Waals surface area contributed by atoms with Crippen LogP contribution in [0.5, 0.6) is 11.5 Å². The van der Waals surface area contributed by atoms with E-state index in [1.54, 1.807) is 32.4 Å². The van der Waals surface area contributed by atoms with Crippen molar-refractivity contribution in [1.82, 2.24) is 4.57 Å². The first-order valence-electron chi connectivity index (χ1n) is 7.21. The number of fused-ring (bicyclic) bond motifs is 1. The number of anilines is 1. The summed E-state index contributed by atoms with van der Waals surface area (Å²) < 4.78 is 12.4. The van der Waals surface area contributed by atoms with Crippen LogP contribution in [0.2, 0.25) is 0 Å². The Morgan fingerprint density at radius 2 is 1.87 bits per heavy atom. The van der Waals surface area contributed by atoms with Gasteiger partial charge in [0.2, 0.25) is 0 Å². The molecular formula is C18H18N2O3. The van der Waals surface area contributed by atoms with E-state index < -0.39 is 0 Å². The topological polar surface area (TPSA) is 52.5 Å². The molecule has 1 heterocycles. The second kappa shape index (κ2) is 6.04. The lowest BCUT2D eigenvalue weighted by molar-refractivity contribution is 0.102. The minimum atomic E-state index is -0.187. The molecule has 3 rings (SSSR count). The first-order chi connectivity index (χ1) is 11.1. The van der Waals surface area contributed by atoms with Gasteiger partial charge in [-0.2, -0.15) is 0 Å². The predicted octanol–water partition coefficient (Wildman–Crippen LogP) is 3.45. The normalized spacial score (nSPS) is 10.6. The first kappa shape index (κ1) is 15.0. The van der Waals surface area contributed by atoms with Crippen molar-refractivity contribution < 1.29 is 14.3 Å². The zero-order chi connectivity index (χ0) is 16.4. The van der Waals surface area contributed by atoms with Crippen molar-refractivity contribution in [2.45, 2.75) is 0 Å². The zero-order valence-corrected chi connectivity index (χ0v) is 13.3. The van der Waals surface area contributed by atoms with Crippen molar-refractivity contribution in [3.8, 4) is 11.5 Å². The molecule has 0 fully saturated rings. The zero-order valence-electron chi connectivity index (χ0n) is 13.3. The number of hydrogen-bond donors (Lipinski definition) is 1. The molecule has 23 heavy (non-hydrogen) atoms. The molecular weight excluding hydrogens is 292 g/mol. The molecule has 0 aliphatic rings. The van der Waals surface area contributed by atoms with Gasteiger partial charge in [0, 0.05) is 30.2 Å². The van der Waals surface area contributed by atoms with Crippen LogP contribution in [0, 0.1) is 0 Å². The quantitative estimate of drug-likeness (QED) is 0.803. The SMILES string of the molecule is COc1ccc(OC)c(NC(=O)c2cn(C)c3ccccc23)c1. The Bertz CT molecular complexity index is 868. The number of para-hydroxylation sites is 1. The maximum Gasteiger partial charge on any atom is 0.257 e. The highest BCUT2D eigenvalue weighted by atomic mass is 16.5. The molecule has 0 saturated carbocycles. The number of methoxy groups -OCH3 is 2. The van der Waals surface area contributed by atoms with Crippen LogP contribution >= 0.6 is 0 Å². The number of hydrogen-bond acceptors (Lipinski definition) is 3. The fraction of sp³-hybridized carbons (Fsp3) is 0.167. The van der Waals surface area contributed by atoms with Gasteiger partial charge in [0.15, 0.2) is 0 Å². The van der Waals surface area contributed by atoms with E-state index in [1.807, 2.05) is 42.1 Å². The highest BCUT2D eigenvalue weighted by molar-refractivity contribution is 6.13. The van der Waals surface area contributed by atoms with E-state index in [0.29, 0.717) is 22.7 Å². The van der Waals surface area contributed by atoms with Gasteiger partial charge in [-0.3, -0.25) is 4.79 Å². The monoisotopic (exact) mass is 310 g/mol. The lowest BCUT2D eigenvalue weighted by Crippen LogP contribution is -2.12. The second-order valence-electron chi connectivity index (χ2n) is 5.19. The van der Waals surface area contributed by atoms with Crippen molar-refractivity contribution in [3.05, 3.63) is 54.2 Å². The number of nitrogens with zero attached hydrogens (tertiary/aromatic N) is 1. The van der Waals surface area contributed by atoms with Crippen LogP contribution in [-0.4, -0.2) is 24.7 Å². The van der Waals surface area contributed by atoms with Gasteiger partial charge in [0.05, 0.1) is 25.5 Å².